The van der Waals surface area contributed by atoms with Gasteiger partial charge < -0.3 is 24.3 Å². The van der Waals surface area contributed by atoms with Gasteiger partial charge in [0, 0.05) is 39.8 Å². The minimum Gasteiger partial charge on any atom is -0.459 e. The van der Waals surface area contributed by atoms with Gasteiger partial charge in [0.15, 0.2) is 5.76 Å². The SMILES string of the molecule is COCCNC(=O)C1(C(=O)N2CCN(C(=O)c3ccco3)CC2)CC1. The molecule has 1 saturated carbocycles. The number of furan rings is 1. The fourth-order valence-electron chi connectivity index (χ4n) is 3.07. The van der Waals surface area contributed by atoms with Crippen LogP contribution in [0.4, 0.5) is 0 Å². The summed E-state index contributed by atoms with van der Waals surface area (Å²) in [6.07, 6.45) is 2.62. The summed E-state index contributed by atoms with van der Waals surface area (Å²) in [6.45, 7) is 2.55. The first-order valence-electron chi connectivity index (χ1n) is 8.48. The summed E-state index contributed by atoms with van der Waals surface area (Å²) in [7, 11) is 1.56. The van der Waals surface area contributed by atoms with Crippen LogP contribution in [0, 0.1) is 5.41 Å². The van der Waals surface area contributed by atoms with Gasteiger partial charge in [-0.3, -0.25) is 14.4 Å². The molecule has 3 rings (SSSR count). The van der Waals surface area contributed by atoms with Crippen LogP contribution in [0.2, 0.25) is 0 Å². The van der Waals surface area contributed by atoms with Crippen molar-refractivity contribution in [2.45, 2.75) is 12.8 Å². The second kappa shape index (κ2) is 7.26. The monoisotopic (exact) mass is 349 g/mol. The van der Waals surface area contributed by atoms with Gasteiger partial charge in [0.1, 0.15) is 5.41 Å². The number of hydrogen-bond donors (Lipinski definition) is 1. The Morgan fingerprint density at radius 2 is 1.88 bits per heavy atom. The van der Waals surface area contributed by atoms with E-state index in [1.165, 1.54) is 6.26 Å². The van der Waals surface area contributed by atoms with Crippen LogP contribution < -0.4 is 5.32 Å². The maximum atomic E-state index is 12.8. The van der Waals surface area contributed by atoms with Gasteiger partial charge in [0.2, 0.25) is 11.8 Å². The largest absolute Gasteiger partial charge is 0.459 e. The number of nitrogens with zero attached hydrogens (tertiary/aromatic N) is 2. The highest BCUT2D eigenvalue weighted by atomic mass is 16.5. The topological polar surface area (TPSA) is 92.1 Å². The third-order valence-electron chi connectivity index (χ3n) is 4.77. The molecule has 0 unspecified atom stereocenters. The van der Waals surface area contributed by atoms with Crippen molar-refractivity contribution < 1.29 is 23.5 Å². The Morgan fingerprint density at radius 3 is 2.44 bits per heavy atom. The van der Waals surface area contributed by atoms with Crippen LogP contribution in [-0.4, -0.2) is 74.0 Å². The van der Waals surface area contributed by atoms with E-state index >= 15 is 0 Å². The molecule has 25 heavy (non-hydrogen) atoms. The van der Waals surface area contributed by atoms with Crippen molar-refractivity contribution in [3.05, 3.63) is 24.2 Å². The molecule has 1 aromatic rings. The van der Waals surface area contributed by atoms with E-state index in [2.05, 4.69) is 5.32 Å². The van der Waals surface area contributed by atoms with Gasteiger partial charge in [-0.05, 0) is 25.0 Å². The molecule has 8 heteroatoms. The number of hydrogen-bond acceptors (Lipinski definition) is 5. The lowest BCUT2D eigenvalue weighted by Crippen LogP contribution is -2.54. The van der Waals surface area contributed by atoms with E-state index in [9.17, 15) is 14.4 Å². The van der Waals surface area contributed by atoms with Crippen LogP contribution in [0.5, 0.6) is 0 Å². The van der Waals surface area contributed by atoms with Crippen LogP contribution in [0.25, 0.3) is 0 Å². The molecule has 136 valence electrons. The third-order valence-corrected chi connectivity index (χ3v) is 4.77. The van der Waals surface area contributed by atoms with Crippen LogP contribution >= 0.6 is 0 Å². The molecule has 8 nitrogen and oxygen atoms in total. The van der Waals surface area contributed by atoms with Crippen molar-refractivity contribution in [3.8, 4) is 0 Å². The number of ether oxygens (including phenoxy) is 1. The zero-order chi connectivity index (χ0) is 17.9. The lowest BCUT2D eigenvalue weighted by Gasteiger charge is -2.36. The molecule has 2 fully saturated rings. The average Bonchev–Trinajstić information content (AvgIpc) is 3.27. The Bertz CT molecular complexity index is 631. The van der Waals surface area contributed by atoms with E-state index in [-0.39, 0.29) is 17.7 Å². The first-order chi connectivity index (χ1) is 12.1. The summed E-state index contributed by atoms with van der Waals surface area (Å²) >= 11 is 0. The molecule has 1 aromatic heterocycles. The van der Waals surface area contributed by atoms with Gasteiger partial charge in [0.05, 0.1) is 12.9 Å². The number of amides is 3. The lowest BCUT2D eigenvalue weighted by atomic mass is 10.0. The van der Waals surface area contributed by atoms with Crippen molar-refractivity contribution in [2.24, 2.45) is 5.41 Å². The quantitative estimate of drug-likeness (QED) is 0.581. The number of methoxy groups -OCH3 is 1. The molecule has 0 aromatic carbocycles. The van der Waals surface area contributed by atoms with Gasteiger partial charge in [0.25, 0.3) is 5.91 Å². The van der Waals surface area contributed by atoms with Crippen molar-refractivity contribution in [3.63, 3.8) is 0 Å². The standard InChI is InChI=1S/C17H23N3O5/c1-24-12-6-18-15(22)17(4-5-17)16(23)20-9-7-19(8-10-20)14(21)13-3-2-11-25-13/h2-3,11H,4-10,12H2,1H3,(H,18,22). The molecule has 1 aliphatic heterocycles. The Hall–Kier alpha value is -2.35. The number of carbonyl (C=O) groups excluding carboxylic acids is 3. The van der Waals surface area contributed by atoms with E-state index in [4.69, 9.17) is 9.15 Å². The van der Waals surface area contributed by atoms with E-state index in [1.54, 1.807) is 29.0 Å². The number of piperazine rings is 1. The molecule has 0 spiro atoms. The second-order valence-electron chi connectivity index (χ2n) is 6.39. The highest BCUT2D eigenvalue weighted by Gasteiger charge is 2.58. The van der Waals surface area contributed by atoms with Crippen molar-refractivity contribution >= 4 is 17.7 Å². The predicted octanol–water partition coefficient (Wildman–Crippen LogP) is 0.107. The molecule has 0 bridgehead atoms. The van der Waals surface area contributed by atoms with Crippen LogP contribution in [-0.2, 0) is 14.3 Å². The van der Waals surface area contributed by atoms with E-state index < -0.39 is 5.41 Å². The molecule has 0 atom stereocenters. The van der Waals surface area contributed by atoms with Gasteiger partial charge in [-0.15, -0.1) is 0 Å². The molecular formula is C17H23N3O5. The minimum atomic E-state index is -0.916. The van der Waals surface area contributed by atoms with Crippen LogP contribution in [0.3, 0.4) is 0 Å². The molecule has 2 aliphatic rings. The number of carbonyl (C=O) groups is 3. The normalized spacial score (nSPS) is 18.8. The fraction of sp³-hybridized carbons (Fsp3) is 0.588. The van der Waals surface area contributed by atoms with Gasteiger partial charge in [-0.25, -0.2) is 0 Å². The predicted molar refractivity (Wildman–Crippen MR) is 87.7 cm³/mol. The van der Waals surface area contributed by atoms with Crippen molar-refractivity contribution in [1.29, 1.82) is 0 Å². The highest BCUT2D eigenvalue weighted by Crippen LogP contribution is 2.47. The number of rotatable bonds is 6. The Kier molecular flexibility index (Phi) is 5.08. The van der Waals surface area contributed by atoms with E-state index in [1.807, 2.05) is 0 Å². The van der Waals surface area contributed by atoms with E-state index in [0.29, 0.717) is 57.9 Å². The first-order valence-corrected chi connectivity index (χ1v) is 8.48. The summed E-state index contributed by atoms with van der Waals surface area (Å²) < 4.78 is 10.0. The Labute approximate surface area is 146 Å². The summed E-state index contributed by atoms with van der Waals surface area (Å²) in [5.41, 5.74) is -0.916. The highest BCUT2D eigenvalue weighted by molar-refractivity contribution is 6.08. The first kappa shape index (κ1) is 17.5. The van der Waals surface area contributed by atoms with Crippen LogP contribution in [0.1, 0.15) is 23.4 Å². The third kappa shape index (κ3) is 3.53. The second-order valence-corrected chi connectivity index (χ2v) is 6.39. The summed E-state index contributed by atoms with van der Waals surface area (Å²) in [5.74, 6) is -0.220. The summed E-state index contributed by atoms with van der Waals surface area (Å²) in [5, 5.41) is 2.76. The molecule has 2 heterocycles. The van der Waals surface area contributed by atoms with Crippen molar-refractivity contribution in [1.82, 2.24) is 15.1 Å². The minimum absolute atomic E-state index is 0.132. The molecule has 3 amide bonds. The van der Waals surface area contributed by atoms with Gasteiger partial charge >= 0.3 is 0 Å². The molecule has 1 aliphatic carbocycles. The summed E-state index contributed by atoms with van der Waals surface area (Å²) in [6, 6.07) is 3.30. The number of nitrogens with one attached hydrogen (secondary N) is 1. The maximum absolute atomic E-state index is 12.8. The van der Waals surface area contributed by atoms with Crippen molar-refractivity contribution in [2.75, 3.05) is 46.4 Å². The van der Waals surface area contributed by atoms with E-state index in [0.717, 1.165) is 0 Å². The molecule has 0 radical (unpaired) electrons. The molecule has 1 N–H and O–H groups in total. The Morgan fingerprint density at radius 1 is 1.20 bits per heavy atom. The molecule has 1 saturated heterocycles. The average molecular weight is 349 g/mol. The van der Waals surface area contributed by atoms with Gasteiger partial charge in [-0.2, -0.15) is 0 Å². The van der Waals surface area contributed by atoms with Crippen LogP contribution in [0.15, 0.2) is 22.8 Å². The van der Waals surface area contributed by atoms with Gasteiger partial charge in [-0.1, -0.05) is 0 Å². The maximum Gasteiger partial charge on any atom is 0.289 e. The zero-order valence-electron chi connectivity index (χ0n) is 14.3. The smallest absolute Gasteiger partial charge is 0.289 e. The Balaban J connectivity index is 1.53. The summed E-state index contributed by atoms with van der Waals surface area (Å²) in [4.78, 5) is 40.7. The zero-order valence-corrected chi connectivity index (χ0v) is 14.3. The lowest BCUT2D eigenvalue weighted by molar-refractivity contribution is -0.145. The molecular weight excluding hydrogens is 326 g/mol. The fourth-order valence-corrected chi connectivity index (χ4v) is 3.07.